The summed E-state index contributed by atoms with van der Waals surface area (Å²) >= 11 is 1.72. The number of unbranched alkanes of at least 4 members (excludes halogenated alkanes) is 3. The molecule has 2 heteroatoms. The number of aryl methyl sites for hydroxylation is 1. The van der Waals surface area contributed by atoms with E-state index in [1.165, 1.54) is 31.2 Å². The van der Waals surface area contributed by atoms with Crippen LogP contribution in [0.5, 0.6) is 0 Å². The van der Waals surface area contributed by atoms with E-state index in [2.05, 4.69) is 19.1 Å². The van der Waals surface area contributed by atoms with E-state index in [0.717, 1.165) is 17.7 Å². The Hall–Kier alpha value is -0.760. The molecule has 1 rings (SSSR count). The third-order valence-corrected chi connectivity index (χ3v) is 3.74. The highest BCUT2D eigenvalue weighted by molar-refractivity contribution is 7.98. The molecule has 0 saturated heterocycles. The smallest absolute Gasteiger partial charge is 0.163 e. The van der Waals surface area contributed by atoms with Crippen molar-refractivity contribution in [1.82, 2.24) is 0 Å². The predicted molar refractivity (Wildman–Crippen MR) is 81.6 cm³/mol. The Labute approximate surface area is 115 Å². The molecule has 0 N–H and O–H groups in total. The van der Waals surface area contributed by atoms with E-state index in [4.69, 9.17) is 0 Å². The van der Waals surface area contributed by atoms with E-state index in [1.54, 1.807) is 11.8 Å². The summed E-state index contributed by atoms with van der Waals surface area (Å²) in [4.78, 5) is 11.8. The number of thioether (sulfide) groups is 1. The van der Waals surface area contributed by atoms with Gasteiger partial charge in [0.25, 0.3) is 0 Å². The maximum atomic E-state index is 11.8. The Morgan fingerprint density at radius 1 is 1.11 bits per heavy atom. The minimum atomic E-state index is 0.266. The number of hydrogen-bond donors (Lipinski definition) is 0. The molecular formula is C16H24OS. The van der Waals surface area contributed by atoms with Crippen LogP contribution < -0.4 is 0 Å². The van der Waals surface area contributed by atoms with Crippen LogP contribution in [0.1, 0.15) is 54.9 Å². The summed E-state index contributed by atoms with van der Waals surface area (Å²) in [5.41, 5.74) is 2.22. The van der Waals surface area contributed by atoms with Gasteiger partial charge in [-0.25, -0.2) is 0 Å². The summed E-state index contributed by atoms with van der Waals surface area (Å²) in [5.74, 6) is 1.18. The molecule has 0 spiro atoms. The van der Waals surface area contributed by atoms with Gasteiger partial charge >= 0.3 is 0 Å². The van der Waals surface area contributed by atoms with E-state index >= 15 is 0 Å². The van der Waals surface area contributed by atoms with Crippen molar-refractivity contribution in [1.29, 1.82) is 0 Å². The minimum absolute atomic E-state index is 0.266. The Bertz CT molecular complexity index is 343. The van der Waals surface area contributed by atoms with Gasteiger partial charge in [-0.1, -0.05) is 50.5 Å². The lowest BCUT2D eigenvalue weighted by Crippen LogP contribution is -2.00. The zero-order chi connectivity index (χ0) is 13.2. The van der Waals surface area contributed by atoms with Crippen molar-refractivity contribution >= 4 is 17.5 Å². The lowest BCUT2D eigenvalue weighted by atomic mass is 10.0. The Morgan fingerprint density at radius 3 is 2.44 bits per heavy atom. The molecule has 0 fully saturated rings. The highest BCUT2D eigenvalue weighted by Crippen LogP contribution is 2.12. The van der Waals surface area contributed by atoms with Gasteiger partial charge in [0.2, 0.25) is 0 Å². The molecule has 0 aliphatic rings. The van der Waals surface area contributed by atoms with Crippen LogP contribution in [0.2, 0.25) is 0 Å². The van der Waals surface area contributed by atoms with E-state index in [9.17, 15) is 4.79 Å². The number of carbonyl (C=O) groups is 1. The molecule has 1 aromatic carbocycles. The van der Waals surface area contributed by atoms with Gasteiger partial charge in [-0.15, -0.1) is 0 Å². The first-order valence-corrected chi connectivity index (χ1v) is 8.28. The molecule has 1 nitrogen and oxygen atoms in total. The van der Waals surface area contributed by atoms with Crippen molar-refractivity contribution in [2.75, 3.05) is 12.0 Å². The molecule has 0 bridgehead atoms. The highest BCUT2D eigenvalue weighted by Gasteiger charge is 2.04. The summed E-state index contributed by atoms with van der Waals surface area (Å²) in [7, 11) is 0. The van der Waals surface area contributed by atoms with E-state index in [0.29, 0.717) is 6.42 Å². The Kier molecular flexibility index (Phi) is 7.83. The van der Waals surface area contributed by atoms with Crippen LogP contribution in [0.25, 0.3) is 0 Å². The number of carbonyl (C=O) groups excluding carboxylic acids is 1. The normalized spacial score (nSPS) is 10.6. The van der Waals surface area contributed by atoms with Gasteiger partial charge in [0.15, 0.2) is 5.78 Å². The first-order chi connectivity index (χ1) is 8.77. The van der Waals surface area contributed by atoms with Crippen molar-refractivity contribution in [2.45, 2.75) is 45.4 Å². The lowest BCUT2D eigenvalue weighted by molar-refractivity contribution is 0.0989. The summed E-state index contributed by atoms with van der Waals surface area (Å²) in [6.45, 7) is 2.23. The molecule has 0 aromatic heterocycles. The van der Waals surface area contributed by atoms with Crippen LogP contribution in [0.3, 0.4) is 0 Å². The number of hydrogen-bond acceptors (Lipinski definition) is 2. The van der Waals surface area contributed by atoms with Crippen molar-refractivity contribution < 1.29 is 4.79 Å². The number of Topliss-reactive ketones (excluding diaryl/α,β-unsaturated/α-hetero) is 1. The van der Waals surface area contributed by atoms with Crippen LogP contribution in [-0.2, 0) is 6.42 Å². The lowest BCUT2D eigenvalue weighted by Gasteiger charge is -2.03. The van der Waals surface area contributed by atoms with Gasteiger partial charge in [0.05, 0.1) is 0 Å². The maximum absolute atomic E-state index is 11.8. The molecule has 100 valence electrons. The quantitative estimate of drug-likeness (QED) is 0.473. The Balaban J connectivity index is 2.39. The monoisotopic (exact) mass is 264 g/mol. The SMILES string of the molecule is CCCCCCc1ccc(C(=O)CCSC)cc1. The number of benzene rings is 1. The standard InChI is InChI=1S/C16H24OS/c1-3-4-5-6-7-14-8-10-15(11-9-14)16(17)12-13-18-2/h8-11H,3-7,12-13H2,1-2H3. The topological polar surface area (TPSA) is 17.1 Å². The molecule has 0 aliphatic heterocycles. The fraction of sp³-hybridized carbons (Fsp3) is 0.562. The van der Waals surface area contributed by atoms with E-state index in [1.807, 2.05) is 18.4 Å². The number of ketones is 1. The summed E-state index contributed by atoms with van der Waals surface area (Å²) in [6, 6.07) is 8.19. The number of rotatable bonds is 9. The maximum Gasteiger partial charge on any atom is 0.163 e. The van der Waals surface area contributed by atoms with Crippen molar-refractivity contribution in [2.24, 2.45) is 0 Å². The summed E-state index contributed by atoms with van der Waals surface area (Å²) < 4.78 is 0. The first kappa shape index (κ1) is 15.3. The van der Waals surface area contributed by atoms with Crippen LogP contribution in [0.4, 0.5) is 0 Å². The molecule has 0 atom stereocenters. The highest BCUT2D eigenvalue weighted by atomic mass is 32.2. The predicted octanol–water partition coefficient (Wildman–Crippen LogP) is 4.75. The van der Waals surface area contributed by atoms with Crippen LogP contribution in [-0.4, -0.2) is 17.8 Å². The van der Waals surface area contributed by atoms with Crippen LogP contribution in [0.15, 0.2) is 24.3 Å². The van der Waals surface area contributed by atoms with Gasteiger partial charge < -0.3 is 0 Å². The van der Waals surface area contributed by atoms with Gasteiger partial charge in [-0.2, -0.15) is 11.8 Å². The molecule has 0 amide bonds. The van der Waals surface area contributed by atoms with Crippen molar-refractivity contribution in [3.05, 3.63) is 35.4 Å². The summed E-state index contributed by atoms with van der Waals surface area (Å²) in [6.07, 6.45) is 9.00. The zero-order valence-corrected chi connectivity index (χ0v) is 12.4. The third kappa shape index (κ3) is 5.72. The molecule has 0 radical (unpaired) electrons. The average molecular weight is 264 g/mol. The first-order valence-electron chi connectivity index (χ1n) is 6.89. The molecule has 0 saturated carbocycles. The van der Waals surface area contributed by atoms with Gasteiger partial charge in [-0.05, 0) is 24.7 Å². The fourth-order valence-corrected chi connectivity index (χ4v) is 2.34. The van der Waals surface area contributed by atoms with Crippen LogP contribution >= 0.6 is 11.8 Å². The minimum Gasteiger partial charge on any atom is -0.294 e. The Morgan fingerprint density at radius 2 is 1.83 bits per heavy atom. The van der Waals surface area contributed by atoms with Gasteiger partial charge in [0, 0.05) is 17.7 Å². The average Bonchev–Trinajstić information content (AvgIpc) is 2.41. The summed E-state index contributed by atoms with van der Waals surface area (Å²) in [5, 5.41) is 0. The van der Waals surface area contributed by atoms with E-state index in [-0.39, 0.29) is 5.78 Å². The zero-order valence-electron chi connectivity index (χ0n) is 11.6. The second kappa shape index (κ2) is 9.21. The van der Waals surface area contributed by atoms with Crippen molar-refractivity contribution in [3.63, 3.8) is 0 Å². The molecule has 18 heavy (non-hydrogen) atoms. The molecular weight excluding hydrogens is 240 g/mol. The molecule has 0 aliphatic carbocycles. The van der Waals surface area contributed by atoms with Gasteiger partial charge in [-0.3, -0.25) is 4.79 Å². The fourth-order valence-electron chi connectivity index (χ4n) is 1.95. The van der Waals surface area contributed by atoms with Crippen LogP contribution in [0, 0.1) is 0 Å². The van der Waals surface area contributed by atoms with Gasteiger partial charge in [0.1, 0.15) is 0 Å². The molecule has 0 unspecified atom stereocenters. The second-order valence-corrected chi connectivity index (χ2v) is 5.66. The third-order valence-electron chi connectivity index (χ3n) is 3.13. The largest absolute Gasteiger partial charge is 0.294 e. The molecule has 0 heterocycles. The van der Waals surface area contributed by atoms with E-state index < -0.39 is 0 Å². The molecule has 1 aromatic rings. The second-order valence-electron chi connectivity index (χ2n) is 4.67. The van der Waals surface area contributed by atoms with Crippen molar-refractivity contribution in [3.8, 4) is 0 Å².